The van der Waals surface area contributed by atoms with Gasteiger partial charge >= 0.3 is 141 Å². The van der Waals surface area contributed by atoms with Crippen molar-refractivity contribution in [1.82, 2.24) is 0 Å². The number of halogens is 9. The molecule has 145 heavy (non-hydrogen) atoms. The van der Waals surface area contributed by atoms with Gasteiger partial charge in [0.15, 0.2) is 13.4 Å². The molecule has 0 radical (unpaired) electrons. The SMILES string of the molecule is C=CCCCBr.C=CCCCC1C=C(B(C)C2C=CC=C2)c2ccccc21.C=CCCCC1C=C(B(C)C2C=CC=C2)c2ccccc21.C=CCCCC1C=C(B(C)Cl)c2ccccc21.C=CCCCC1C=C(B(C)Cl)c2ccccc21.C=CCCCC1C=Cc2ccccc21.C=CCCCC1C=Cc2ccccc21.CB(Cl)Cl.[CH2-]CCC.[CH2-]CCC.[Cl][Zr]([Cl])([Cl])[Cl].[Li+].[Li+].[Li+].[Na+].c1cc[c-]2cccc2c1.c1cc[cH-]c1. The zero-order valence-electron chi connectivity index (χ0n) is 89.5. The summed E-state index contributed by atoms with van der Waals surface area (Å²) in [5, 5.41) is 3.76. The molecule has 0 saturated heterocycles. The Hall–Kier alpha value is -4.12. The Balaban J connectivity index is 0.000000811. The molecule has 0 fully saturated rings. The Kier molecular flexibility index (Phi) is 80.8. The molecule has 17 rings (SSSR count). The Morgan fingerprint density at radius 3 is 0.862 bits per heavy atom. The van der Waals surface area contributed by atoms with E-state index in [0.29, 0.717) is 60.6 Å². The largest absolute Gasteiger partial charge is 1.00 e. The minimum atomic E-state index is -3.29. The van der Waals surface area contributed by atoms with Crippen LogP contribution in [0.2, 0.25) is 45.7 Å². The van der Waals surface area contributed by atoms with Crippen LogP contribution >= 0.6 is 95.8 Å². The van der Waals surface area contributed by atoms with E-state index < -0.39 is 15.5 Å². The van der Waals surface area contributed by atoms with E-state index >= 15 is 0 Å². The molecule has 0 aromatic heterocycles. The molecule has 0 amide bonds. The number of unbranched alkanes of at least 4 members (excludes halogenated alkanes) is 9. The summed E-state index contributed by atoms with van der Waals surface area (Å²) in [5.74, 6) is 4.66. The number of benzene rings is 7. The summed E-state index contributed by atoms with van der Waals surface area (Å²) in [6.07, 6.45) is 79.3. The summed E-state index contributed by atoms with van der Waals surface area (Å²) < 4.78 is 0. The van der Waals surface area contributed by atoms with Crippen molar-refractivity contribution in [3.63, 3.8) is 0 Å². The molecule has 0 N–H and O–H groups in total. The second kappa shape index (κ2) is 84.3. The van der Waals surface area contributed by atoms with Crippen LogP contribution in [0.4, 0.5) is 0 Å². The molecule has 19 heteroatoms. The zero-order chi connectivity index (χ0) is 103. The molecule has 6 unspecified atom stereocenters. The third kappa shape index (κ3) is 53.5. The summed E-state index contributed by atoms with van der Waals surface area (Å²) in [6, 6.07) is 77.2. The van der Waals surface area contributed by atoms with Crippen LogP contribution in [0.25, 0.3) is 44.8 Å². The number of allylic oxidation sites excluding steroid dienone is 21. The van der Waals surface area contributed by atoms with Gasteiger partial charge in [-0.2, -0.15) is 89.0 Å². The molecule has 746 valence electrons. The van der Waals surface area contributed by atoms with Crippen LogP contribution in [-0.4, -0.2) is 36.6 Å². The third-order valence-corrected chi connectivity index (χ3v) is 26.5. The fraction of sp³-hybridized carbons (Fsp3) is 0.317. The summed E-state index contributed by atoms with van der Waals surface area (Å²) in [5.41, 5.74) is 22.8. The maximum absolute atomic E-state index is 6.25. The van der Waals surface area contributed by atoms with Crippen LogP contribution < -0.4 is 86.1 Å². The predicted molar refractivity (Wildman–Crippen MR) is 654 cm³/mol. The van der Waals surface area contributed by atoms with E-state index in [4.69, 9.17) is 79.9 Å². The average Bonchev–Trinajstić information content (AvgIpc) is 1.65. The van der Waals surface area contributed by atoms with Gasteiger partial charge in [0.25, 0.3) is 12.3 Å². The molecule has 9 aromatic rings. The smallest absolute Gasteiger partial charge is 0.214 e. The molecular weight excluding hydrogens is 2070 g/mol. The van der Waals surface area contributed by atoms with Crippen molar-refractivity contribution >= 4 is 172 Å². The van der Waals surface area contributed by atoms with Crippen LogP contribution in [0.3, 0.4) is 0 Å². The van der Waals surface area contributed by atoms with E-state index in [2.05, 4.69) is 402 Å². The predicted octanol–water partition coefficient (Wildman–Crippen LogP) is 31.4. The number of rotatable bonds is 35. The Morgan fingerprint density at radius 1 is 0.352 bits per heavy atom. The number of hydrogen-bond acceptors (Lipinski definition) is 0. The molecule has 8 aliphatic carbocycles. The van der Waals surface area contributed by atoms with E-state index in [0.717, 1.165) is 63.1 Å². The van der Waals surface area contributed by atoms with Crippen LogP contribution in [0.5, 0.6) is 0 Å². The van der Waals surface area contributed by atoms with Crippen LogP contribution in [0, 0.1) is 13.8 Å². The van der Waals surface area contributed by atoms with Crippen molar-refractivity contribution in [3.05, 3.63) is 473 Å². The first-order valence-corrected chi connectivity index (χ1v) is 66.9. The Labute approximate surface area is 988 Å². The van der Waals surface area contributed by atoms with Gasteiger partial charge in [-0.25, -0.2) is 12.1 Å². The maximum atomic E-state index is 6.25. The molecule has 0 bridgehead atoms. The Bertz CT molecular complexity index is 5060. The quantitative estimate of drug-likeness (QED) is 0.0122. The van der Waals surface area contributed by atoms with Crippen LogP contribution in [0.1, 0.15) is 270 Å². The molecule has 0 spiro atoms. The molecule has 0 heterocycles. The minimum Gasteiger partial charge on any atom is -0.214 e. The van der Waals surface area contributed by atoms with Crippen molar-refractivity contribution in [1.29, 1.82) is 0 Å². The van der Waals surface area contributed by atoms with Crippen molar-refractivity contribution in [2.75, 3.05) is 5.33 Å². The van der Waals surface area contributed by atoms with Crippen molar-refractivity contribution < 1.29 is 102 Å². The number of fused-ring (bicyclic) bond motifs is 7. The monoisotopic (exact) mass is 2220 g/mol. The van der Waals surface area contributed by atoms with Crippen molar-refractivity contribution in [2.24, 2.45) is 0 Å². The van der Waals surface area contributed by atoms with E-state index in [1.807, 2.05) is 72.9 Å². The van der Waals surface area contributed by atoms with Gasteiger partial charge in [-0.15, -0.1) is 81.8 Å². The summed E-state index contributed by atoms with van der Waals surface area (Å²) in [7, 11) is 20.1. The fourth-order valence-electron chi connectivity index (χ4n) is 18.0. The fourth-order valence-corrected chi connectivity index (χ4v) is 18.7. The van der Waals surface area contributed by atoms with Gasteiger partial charge in [-0.3, -0.25) is 0 Å². The van der Waals surface area contributed by atoms with Gasteiger partial charge in [0.2, 0.25) is 0 Å². The van der Waals surface area contributed by atoms with Crippen LogP contribution in [-0.2, 0) is 15.5 Å². The van der Waals surface area contributed by atoms with Gasteiger partial charge in [-0.05, 0) is 207 Å². The van der Waals surface area contributed by atoms with Crippen molar-refractivity contribution in [2.45, 2.75) is 249 Å². The van der Waals surface area contributed by atoms with Gasteiger partial charge in [0, 0.05) is 40.8 Å². The van der Waals surface area contributed by atoms with Gasteiger partial charge in [0.05, 0.1) is 0 Å². The molecule has 0 saturated carbocycles. The molecule has 8 aliphatic rings. The summed E-state index contributed by atoms with van der Waals surface area (Å²) >= 11 is 22.6. The molecular formula is C126H156B5BrCl8Li3NaZr. The van der Waals surface area contributed by atoms with E-state index in [-0.39, 0.29) is 104 Å². The van der Waals surface area contributed by atoms with E-state index in [9.17, 15) is 0 Å². The number of hydrogen-bond donors (Lipinski definition) is 0. The first-order chi connectivity index (χ1) is 68.4. The minimum absolute atomic E-state index is 0. The van der Waals surface area contributed by atoms with Gasteiger partial charge in [-0.1, -0.05) is 389 Å². The standard InChI is InChI=1S/2C20H23B.2C15H18BCl.2C14H16.C9H7.C5H9Br.C5H5.2C4H9.CH3BCl2.4ClH.3Li.Na.Zr/c2*1-3-4-5-10-16-15-20(19-14-9-8-13-18(16)19)21(2)17-11-6-7-12-17;2*1-3-4-5-8-12-11-15(16(2)17)14-10-7-6-9-13(12)14;2*1-2-3-4-7-12-10-11-13-8-5-6-9-14(12)13;1-2-5-9-7-3-6-8(9)4-1;1-2-3-4-5-6;1-2-4-5-3-1;2*1-3-4-2;1-2(3)4;;;;;;;;;/h2*3,6-9,11-17H,1,4-5,10H2,2H3;2*3,6-7,9-12H,1,4-5,8H2,2H3;2*2,5-6,8-12H,1,3-4,7H2;1-7H;2H,1,3-5H2;1-5H;2*1,3-4H2,2H3;1H3;4*1H;;;;;/q;;;;;;-1;;3*-1;;;;;;4*+1;+4/p-4. The second-order valence-corrected chi connectivity index (χ2v) is 62.2. The molecule has 0 nitrogen and oxygen atoms in total. The second-order valence-electron chi connectivity index (χ2n) is 36.2. The maximum Gasteiger partial charge on any atom is 1.00 e. The van der Waals surface area contributed by atoms with Gasteiger partial charge in [0.1, 0.15) is 0 Å². The topological polar surface area (TPSA) is 0 Å². The molecule has 9 aromatic carbocycles. The average molecular weight is 2220 g/mol. The van der Waals surface area contributed by atoms with Crippen LogP contribution in [0.15, 0.2) is 392 Å². The first-order valence-electron chi connectivity index (χ1n) is 51.3. The molecule has 0 aliphatic heterocycles. The Morgan fingerprint density at radius 2 is 0.600 bits per heavy atom. The summed E-state index contributed by atoms with van der Waals surface area (Å²) in [6.45, 7) is 49.4. The van der Waals surface area contributed by atoms with E-state index in [1.165, 1.54) is 196 Å². The summed E-state index contributed by atoms with van der Waals surface area (Å²) in [4.78, 5) is 0. The van der Waals surface area contributed by atoms with Gasteiger partial charge < -0.3 is 13.8 Å². The van der Waals surface area contributed by atoms with E-state index in [1.54, 1.807) is 6.82 Å². The molecule has 6 atom stereocenters. The first kappa shape index (κ1) is 139. The normalized spacial score (nSPS) is 15.6. The third-order valence-electron chi connectivity index (χ3n) is 25.5. The number of alkyl halides is 1. The zero-order valence-corrected chi connectivity index (χ0v) is 102. The van der Waals surface area contributed by atoms with Crippen molar-refractivity contribution in [3.8, 4) is 0 Å².